The molecule has 21 heavy (non-hydrogen) atoms. The van der Waals surface area contributed by atoms with Gasteiger partial charge in [-0.15, -0.1) is 0 Å². The molecule has 4 heteroatoms. The van der Waals surface area contributed by atoms with Gasteiger partial charge < -0.3 is 10.6 Å². The van der Waals surface area contributed by atoms with Gasteiger partial charge in [0.15, 0.2) is 0 Å². The number of carbonyl (C=O) groups is 2. The molecule has 0 aliphatic heterocycles. The molecule has 4 aliphatic carbocycles. The smallest absolute Gasteiger partial charge is 0.242 e. The first-order chi connectivity index (χ1) is 9.93. The molecule has 4 nitrogen and oxygen atoms in total. The number of carbonyl (C=O) groups excluding carboxylic acids is 2. The Morgan fingerprint density at radius 3 is 1.86 bits per heavy atom. The van der Waals surface area contributed by atoms with Gasteiger partial charge in [0.2, 0.25) is 11.8 Å². The molecule has 2 N–H and O–H groups in total. The van der Waals surface area contributed by atoms with Gasteiger partial charge in [0.1, 0.15) is 6.04 Å². The van der Waals surface area contributed by atoms with Gasteiger partial charge in [0.05, 0.1) is 0 Å². The predicted molar refractivity (Wildman–Crippen MR) is 81.4 cm³/mol. The second-order valence-electron chi connectivity index (χ2n) is 8.01. The Hall–Kier alpha value is -1.06. The number of hydrogen-bond donors (Lipinski definition) is 2. The van der Waals surface area contributed by atoms with Crippen LogP contribution in [0.5, 0.6) is 0 Å². The summed E-state index contributed by atoms with van der Waals surface area (Å²) in [7, 11) is 1.63. The quantitative estimate of drug-likeness (QED) is 0.833. The molecule has 1 atom stereocenters. The Balaban J connectivity index is 1.74. The SMILES string of the molecule is CNC(=O)C(NC(=O)C12CC3CC(CC(C3)C1)C2)C(C)C. The van der Waals surface area contributed by atoms with Crippen molar-refractivity contribution in [2.75, 3.05) is 7.05 Å². The van der Waals surface area contributed by atoms with Crippen LogP contribution in [0.1, 0.15) is 52.4 Å². The molecule has 0 spiro atoms. The minimum Gasteiger partial charge on any atom is -0.357 e. The van der Waals surface area contributed by atoms with Gasteiger partial charge in [-0.2, -0.15) is 0 Å². The number of amides is 2. The fraction of sp³-hybridized carbons (Fsp3) is 0.882. The molecule has 0 saturated heterocycles. The molecule has 4 aliphatic rings. The van der Waals surface area contributed by atoms with E-state index in [9.17, 15) is 9.59 Å². The zero-order chi connectivity index (χ0) is 15.2. The summed E-state index contributed by atoms with van der Waals surface area (Å²) in [6, 6.07) is -0.407. The van der Waals surface area contributed by atoms with Crippen molar-refractivity contribution in [3.05, 3.63) is 0 Å². The minimum absolute atomic E-state index is 0.0805. The molecule has 4 fully saturated rings. The van der Waals surface area contributed by atoms with E-state index in [0.717, 1.165) is 37.0 Å². The molecule has 0 aromatic carbocycles. The summed E-state index contributed by atoms with van der Waals surface area (Å²) in [5.74, 6) is 2.42. The molecule has 118 valence electrons. The number of hydrogen-bond acceptors (Lipinski definition) is 2. The van der Waals surface area contributed by atoms with Crippen LogP contribution in [0, 0.1) is 29.1 Å². The highest BCUT2D eigenvalue weighted by atomic mass is 16.2. The van der Waals surface area contributed by atoms with Gasteiger partial charge in [0.25, 0.3) is 0 Å². The summed E-state index contributed by atoms with van der Waals surface area (Å²) < 4.78 is 0. The van der Waals surface area contributed by atoms with Gasteiger partial charge >= 0.3 is 0 Å². The largest absolute Gasteiger partial charge is 0.357 e. The number of nitrogens with one attached hydrogen (secondary N) is 2. The van der Waals surface area contributed by atoms with E-state index < -0.39 is 6.04 Å². The van der Waals surface area contributed by atoms with Crippen molar-refractivity contribution < 1.29 is 9.59 Å². The lowest BCUT2D eigenvalue weighted by molar-refractivity contribution is -0.149. The molecule has 2 amide bonds. The maximum atomic E-state index is 12.9. The number of likely N-dealkylation sites (N-methyl/N-ethyl adjacent to an activating group) is 1. The Morgan fingerprint density at radius 2 is 1.48 bits per heavy atom. The van der Waals surface area contributed by atoms with Crippen LogP contribution in [0.25, 0.3) is 0 Å². The average Bonchev–Trinajstić information content (AvgIpc) is 2.41. The van der Waals surface area contributed by atoms with Crippen LogP contribution >= 0.6 is 0 Å². The summed E-state index contributed by atoms with van der Waals surface area (Å²) in [4.78, 5) is 24.9. The monoisotopic (exact) mass is 292 g/mol. The van der Waals surface area contributed by atoms with Crippen molar-refractivity contribution in [2.24, 2.45) is 29.1 Å². The molecule has 0 aromatic heterocycles. The van der Waals surface area contributed by atoms with E-state index in [2.05, 4.69) is 10.6 Å². The third-order valence-corrected chi connectivity index (χ3v) is 6.00. The average molecular weight is 292 g/mol. The molecule has 0 radical (unpaired) electrons. The van der Waals surface area contributed by atoms with Gasteiger partial charge in [0, 0.05) is 12.5 Å². The van der Waals surface area contributed by atoms with Crippen molar-refractivity contribution in [3.8, 4) is 0 Å². The number of rotatable bonds is 4. The lowest BCUT2D eigenvalue weighted by atomic mass is 9.49. The van der Waals surface area contributed by atoms with Crippen LogP contribution in [0.3, 0.4) is 0 Å². The van der Waals surface area contributed by atoms with E-state index in [-0.39, 0.29) is 23.1 Å². The lowest BCUT2D eigenvalue weighted by Gasteiger charge is -2.55. The maximum absolute atomic E-state index is 12.9. The highest BCUT2D eigenvalue weighted by molar-refractivity contribution is 5.90. The summed E-state index contributed by atoms with van der Waals surface area (Å²) in [5.41, 5.74) is -0.171. The van der Waals surface area contributed by atoms with E-state index in [1.807, 2.05) is 13.8 Å². The first kappa shape index (κ1) is 14.9. The van der Waals surface area contributed by atoms with Crippen LogP contribution in [-0.4, -0.2) is 24.9 Å². The van der Waals surface area contributed by atoms with Crippen LogP contribution in [0.2, 0.25) is 0 Å². The highest BCUT2D eigenvalue weighted by Gasteiger charge is 2.55. The topological polar surface area (TPSA) is 58.2 Å². The maximum Gasteiger partial charge on any atom is 0.242 e. The zero-order valence-electron chi connectivity index (χ0n) is 13.4. The third-order valence-electron chi connectivity index (χ3n) is 6.00. The Kier molecular flexibility index (Phi) is 3.74. The van der Waals surface area contributed by atoms with Gasteiger partial charge in [-0.3, -0.25) is 9.59 Å². The Bertz CT molecular complexity index is 409. The molecule has 4 rings (SSSR count). The normalized spacial score (nSPS) is 38.4. The van der Waals surface area contributed by atoms with Gasteiger partial charge in [-0.1, -0.05) is 13.8 Å². The van der Waals surface area contributed by atoms with E-state index in [1.54, 1.807) is 7.05 Å². The van der Waals surface area contributed by atoms with Crippen LogP contribution in [0.4, 0.5) is 0 Å². The second kappa shape index (κ2) is 5.29. The lowest BCUT2D eigenvalue weighted by Crippen LogP contribution is -2.58. The second-order valence-corrected chi connectivity index (χ2v) is 8.01. The summed E-state index contributed by atoms with van der Waals surface area (Å²) >= 11 is 0. The molecule has 4 saturated carbocycles. The molecule has 1 unspecified atom stereocenters. The van der Waals surface area contributed by atoms with Crippen molar-refractivity contribution in [3.63, 3.8) is 0 Å². The van der Waals surface area contributed by atoms with Crippen molar-refractivity contribution in [1.82, 2.24) is 10.6 Å². The first-order valence-corrected chi connectivity index (χ1v) is 8.46. The fourth-order valence-corrected chi connectivity index (χ4v) is 5.37. The molecule has 4 bridgehead atoms. The third kappa shape index (κ3) is 2.58. The minimum atomic E-state index is -0.407. The summed E-state index contributed by atoms with van der Waals surface area (Å²) in [6.45, 7) is 3.97. The predicted octanol–water partition coefficient (Wildman–Crippen LogP) is 2.09. The molecule has 0 aromatic rings. The van der Waals surface area contributed by atoms with Crippen molar-refractivity contribution in [1.29, 1.82) is 0 Å². The van der Waals surface area contributed by atoms with Crippen molar-refractivity contribution in [2.45, 2.75) is 58.4 Å². The van der Waals surface area contributed by atoms with E-state index in [1.165, 1.54) is 19.3 Å². The summed E-state index contributed by atoms with van der Waals surface area (Å²) in [6.07, 6.45) is 7.12. The molecular formula is C17H28N2O2. The van der Waals surface area contributed by atoms with Crippen LogP contribution in [-0.2, 0) is 9.59 Å². The van der Waals surface area contributed by atoms with Gasteiger partial charge in [-0.25, -0.2) is 0 Å². The first-order valence-electron chi connectivity index (χ1n) is 8.46. The van der Waals surface area contributed by atoms with Crippen LogP contribution < -0.4 is 10.6 Å². The van der Waals surface area contributed by atoms with Crippen molar-refractivity contribution >= 4 is 11.8 Å². The van der Waals surface area contributed by atoms with E-state index in [4.69, 9.17) is 0 Å². The van der Waals surface area contributed by atoms with Crippen LogP contribution in [0.15, 0.2) is 0 Å². The Morgan fingerprint density at radius 1 is 1.00 bits per heavy atom. The Labute approximate surface area is 127 Å². The zero-order valence-corrected chi connectivity index (χ0v) is 13.4. The van der Waals surface area contributed by atoms with E-state index >= 15 is 0 Å². The highest BCUT2D eigenvalue weighted by Crippen LogP contribution is 2.60. The fourth-order valence-electron chi connectivity index (χ4n) is 5.37. The molecule has 0 heterocycles. The molecular weight excluding hydrogens is 264 g/mol. The summed E-state index contributed by atoms with van der Waals surface area (Å²) in [5, 5.41) is 5.75. The standard InChI is InChI=1S/C17H28N2O2/c1-10(2)14(15(20)18-3)19-16(21)17-7-11-4-12(8-17)6-13(5-11)9-17/h10-14H,4-9H2,1-3H3,(H,18,20)(H,19,21). The van der Waals surface area contributed by atoms with E-state index in [0.29, 0.717) is 0 Å². The van der Waals surface area contributed by atoms with Gasteiger partial charge in [-0.05, 0) is 62.2 Å².